The van der Waals surface area contributed by atoms with Gasteiger partial charge in [0.25, 0.3) is 5.91 Å². The zero-order valence-corrected chi connectivity index (χ0v) is 14.8. The summed E-state index contributed by atoms with van der Waals surface area (Å²) >= 11 is 6.16. The van der Waals surface area contributed by atoms with Crippen LogP contribution in [0.25, 0.3) is 5.69 Å². The largest absolute Gasteiger partial charge is 0.469 e. The van der Waals surface area contributed by atoms with Crippen LogP contribution in [0, 0.1) is 13.8 Å². The lowest BCUT2D eigenvalue weighted by Gasteiger charge is -2.13. The molecule has 0 fully saturated rings. The van der Waals surface area contributed by atoms with Crippen molar-refractivity contribution in [3.63, 3.8) is 0 Å². The Morgan fingerprint density at radius 1 is 1.29 bits per heavy atom. The van der Waals surface area contributed by atoms with Gasteiger partial charge in [-0.15, -0.1) is 0 Å². The maximum absolute atomic E-state index is 12.2. The molecule has 2 aromatic rings. The van der Waals surface area contributed by atoms with Crippen molar-refractivity contribution < 1.29 is 14.3 Å². The maximum Gasteiger partial charge on any atom is 0.307 e. The van der Waals surface area contributed by atoms with Gasteiger partial charge in [0.05, 0.1) is 35.6 Å². The number of ether oxygens (including phenoxy) is 1. The highest BCUT2D eigenvalue weighted by Gasteiger charge is 2.14. The second-order valence-corrected chi connectivity index (χ2v) is 5.98. The van der Waals surface area contributed by atoms with Crippen molar-refractivity contribution in [1.82, 2.24) is 15.1 Å². The van der Waals surface area contributed by atoms with Gasteiger partial charge in [-0.2, -0.15) is 5.10 Å². The molecule has 0 bridgehead atoms. The highest BCUT2D eigenvalue weighted by atomic mass is 35.5. The summed E-state index contributed by atoms with van der Waals surface area (Å²) in [5.41, 5.74) is 2.93. The predicted molar refractivity (Wildman–Crippen MR) is 91.6 cm³/mol. The van der Waals surface area contributed by atoms with Crippen LogP contribution < -0.4 is 5.32 Å². The molecule has 1 N–H and O–H groups in total. The number of amides is 1. The predicted octanol–water partition coefficient (Wildman–Crippen LogP) is 2.82. The average molecular weight is 350 g/mol. The standard InChI is InChI=1S/C17H20ClN3O3/c1-10(9-15(22)24-4)19-17(23)13-5-7-14(8-6-13)21-12(3)16(18)11(2)20-21/h5-8,10H,9H2,1-4H3,(H,19,23). The summed E-state index contributed by atoms with van der Waals surface area (Å²) in [6.07, 6.45) is 0.130. The van der Waals surface area contributed by atoms with Crippen molar-refractivity contribution in [1.29, 1.82) is 0 Å². The van der Waals surface area contributed by atoms with Crippen molar-refractivity contribution in [2.24, 2.45) is 0 Å². The van der Waals surface area contributed by atoms with Crippen molar-refractivity contribution in [2.45, 2.75) is 33.2 Å². The molecule has 1 aromatic carbocycles. The summed E-state index contributed by atoms with van der Waals surface area (Å²) < 4.78 is 6.32. The van der Waals surface area contributed by atoms with Crippen molar-refractivity contribution in [2.75, 3.05) is 7.11 Å². The van der Waals surface area contributed by atoms with Crippen LogP contribution in [0.2, 0.25) is 5.02 Å². The van der Waals surface area contributed by atoms with E-state index in [1.54, 1.807) is 35.9 Å². The van der Waals surface area contributed by atoms with Gasteiger partial charge < -0.3 is 10.1 Å². The number of nitrogens with one attached hydrogen (secondary N) is 1. The molecule has 6 nitrogen and oxygen atoms in total. The lowest BCUT2D eigenvalue weighted by atomic mass is 10.1. The molecule has 7 heteroatoms. The van der Waals surface area contributed by atoms with Crippen LogP contribution in [0.15, 0.2) is 24.3 Å². The van der Waals surface area contributed by atoms with Crippen molar-refractivity contribution >= 4 is 23.5 Å². The van der Waals surface area contributed by atoms with Gasteiger partial charge in [-0.3, -0.25) is 9.59 Å². The first kappa shape index (κ1) is 18.0. The van der Waals surface area contributed by atoms with E-state index in [0.717, 1.165) is 17.1 Å². The zero-order valence-electron chi connectivity index (χ0n) is 14.1. The van der Waals surface area contributed by atoms with E-state index in [0.29, 0.717) is 10.6 Å². The smallest absolute Gasteiger partial charge is 0.307 e. The number of halogens is 1. The summed E-state index contributed by atoms with van der Waals surface area (Å²) in [6.45, 7) is 5.48. The molecule has 1 aromatic heterocycles. The Morgan fingerprint density at radius 2 is 1.92 bits per heavy atom. The molecule has 2 rings (SSSR count). The summed E-state index contributed by atoms with van der Waals surface area (Å²) in [6, 6.07) is 6.71. The highest BCUT2D eigenvalue weighted by molar-refractivity contribution is 6.31. The molecule has 1 atom stereocenters. The van der Waals surface area contributed by atoms with Crippen LogP contribution in [-0.2, 0) is 9.53 Å². The maximum atomic E-state index is 12.2. The Hall–Kier alpha value is -2.34. The Balaban J connectivity index is 2.10. The van der Waals surface area contributed by atoms with Gasteiger partial charge in [-0.05, 0) is 45.0 Å². The third kappa shape index (κ3) is 3.94. The number of methoxy groups -OCH3 is 1. The van der Waals surface area contributed by atoms with E-state index >= 15 is 0 Å². The Kier molecular flexibility index (Phi) is 5.62. The SMILES string of the molecule is COC(=O)CC(C)NC(=O)c1ccc(-n2nc(C)c(Cl)c2C)cc1. The highest BCUT2D eigenvalue weighted by Crippen LogP contribution is 2.22. The lowest BCUT2D eigenvalue weighted by molar-refractivity contribution is -0.141. The van der Waals surface area contributed by atoms with Gasteiger partial charge >= 0.3 is 5.97 Å². The van der Waals surface area contributed by atoms with Gasteiger partial charge in [-0.1, -0.05) is 11.6 Å². The first-order valence-electron chi connectivity index (χ1n) is 7.53. The Labute approximate surface area is 145 Å². The minimum atomic E-state index is -0.362. The van der Waals surface area contributed by atoms with Crippen molar-refractivity contribution in [3.05, 3.63) is 46.2 Å². The molecule has 0 radical (unpaired) electrons. The summed E-state index contributed by atoms with van der Waals surface area (Å²) in [5.74, 6) is -0.607. The quantitative estimate of drug-likeness (QED) is 0.842. The molecule has 0 saturated heterocycles. The number of hydrogen-bond donors (Lipinski definition) is 1. The van der Waals surface area contributed by atoms with Gasteiger partial charge in [-0.25, -0.2) is 4.68 Å². The molecule has 0 saturated carbocycles. The number of nitrogens with zero attached hydrogens (tertiary/aromatic N) is 2. The van der Waals surface area contributed by atoms with E-state index in [2.05, 4.69) is 15.2 Å². The number of esters is 1. The van der Waals surface area contributed by atoms with Gasteiger partial charge in [0.2, 0.25) is 0 Å². The Morgan fingerprint density at radius 3 is 2.42 bits per heavy atom. The normalized spacial score (nSPS) is 11.9. The number of carbonyl (C=O) groups excluding carboxylic acids is 2. The number of aryl methyl sites for hydroxylation is 1. The van der Waals surface area contributed by atoms with Gasteiger partial charge in [0.15, 0.2) is 0 Å². The first-order valence-corrected chi connectivity index (χ1v) is 7.91. The summed E-state index contributed by atoms with van der Waals surface area (Å²) in [4.78, 5) is 23.4. The lowest BCUT2D eigenvalue weighted by Crippen LogP contribution is -2.34. The topological polar surface area (TPSA) is 73.2 Å². The van der Waals surface area contributed by atoms with Gasteiger partial charge in [0, 0.05) is 11.6 Å². The van der Waals surface area contributed by atoms with E-state index in [1.807, 2.05) is 13.8 Å². The molecule has 1 amide bonds. The molecule has 0 aliphatic heterocycles. The number of hydrogen-bond acceptors (Lipinski definition) is 4. The van der Waals surface area contributed by atoms with Crippen molar-refractivity contribution in [3.8, 4) is 5.69 Å². The minimum Gasteiger partial charge on any atom is -0.469 e. The molecule has 0 spiro atoms. The van der Waals surface area contributed by atoms with E-state index in [9.17, 15) is 9.59 Å². The van der Waals surface area contributed by atoms with Gasteiger partial charge in [0.1, 0.15) is 0 Å². The third-order valence-electron chi connectivity index (χ3n) is 3.66. The molecule has 24 heavy (non-hydrogen) atoms. The minimum absolute atomic E-state index is 0.130. The number of rotatable bonds is 5. The fourth-order valence-corrected chi connectivity index (χ4v) is 2.44. The van der Waals surface area contributed by atoms with Crippen LogP contribution in [0.1, 0.15) is 35.1 Å². The second-order valence-electron chi connectivity index (χ2n) is 5.60. The third-order valence-corrected chi connectivity index (χ3v) is 4.20. The number of aromatic nitrogens is 2. The molecular formula is C17H20ClN3O3. The molecular weight excluding hydrogens is 330 g/mol. The summed E-state index contributed by atoms with van der Waals surface area (Å²) in [7, 11) is 1.32. The molecule has 128 valence electrons. The molecule has 0 aliphatic carbocycles. The average Bonchev–Trinajstić information content (AvgIpc) is 2.82. The fourth-order valence-electron chi connectivity index (χ4n) is 2.32. The second kappa shape index (κ2) is 7.49. The van der Waals surface area contributed by atoms with Crippen LogP contribution in [0.3, 0.4) is 0 Å². The van der Waals surface area contributed by atoms with E-state index in [1.165, 1.54) is 7.11 Å². The summed E-state index contributed by atoms with van der Waals surface area (Å²) in [5, 5.41) is 7.77. The number of benzene rings is 1. The van der Waals surface area contributed by atoms with Crippen LogP contribution in [0.5, 0.6) is 0 Å². The van der Waals surface area contributed by atoms with E-state index in [-0.39, 0.29) is 24.3 Å². The first-order chi connectivity index (χ1) is 11.3. The molecule has 1 heterocycles. The Bertz CT molecular complexity index is 753. The van der Waals surface area contributed by atoms with E-state index < -0.39 is 0 Å². The van der Waals surface area contributed by atoms with Crippen LogP contribution in [-0.4, -0.2) is 34.8 Å². The molecule has 0 aliphatic rings. The monoisotopic (exact) mass is 349 g/mol. The fraction of sp³-hybridized carbons (Fsp3) is 0.353. The van der Waals surface area contributed by atoms with E-state index in [4.69, 9.17) is 11.6 Å². The van der Waals surface area contributed by atoms with Crippen LogP contribution in [0.4, 0.5) is 0 Å². The van der Waals surface area contributed by atoms with Crippen LogP contribution >= 0.6 is 11.6 Å². The molecule has 1 unspecified atom stereocenters. The zero-order chi connectivity index (χ0) is 17.9. The number of carbonyl (C=O) groups is 2.